The molecule has 0 aliphatic carbocycles. The highest BCUT2D eigenvalue weighted by molar-refractivity contribution is 8.07. The molecule has 2 aliphatic rings. The number of nitrogens with zero attached hydrogens (tertiary/aromatic N) is 12. The third-order valence-electron chi connectivity index (χ3n) is 19.1. The van der Waals surface area contributed by atoms with Gasteiger partial charge in [-0.1, -0.05) is 23.6 Å². The van der Waals surface area contributed by atoms with E-state index < -0.39 is 130 Å². The van der Waals surface area contributed by atoms with Gasteiger partial charge in [0.15, 0.2) is 47.0 Å². The number of nitrogens with one attached hydrogen (secondary N) is 6. The van der Waals surface area contributed by atoms with Crippen molar-refractivity contribution in [1.29, 1.82) is 0 Å². The lowest BCUT2D eigenvalue weighted by molar-refractivity contribution is -0.645. The van der Waals surface area contributed by atoms with E-state index in [-0.39, 0.29) is 85.1 Å². The summed E-state index contributed by atoms with van der Waals surface area (Å²) in [6, 6.07) is 29.2. The molecule has 2 aliphatic heterocycles. The van der Waals surface area contributed by atoms with Crippen molar-refractivity contribution in [3.63, 3.8) is 0 Å². The van der Waals surface area contributed by atoms with Crippen LogP contribution >= 0.6 is 44.7 Å². The second-order valence-corrected chi connectivity index (χ2v) is 40.6. The van der Waals surface area contributed by atoms with Crippen LogP contribution in [0.25, 0.3) is 65.9 Å². The normalized spacial score (nSPS) is 20.5. The van der Waals surface area contributed by atoms with Crippen molar-refractivity contribution in [3.05, 3.63) is 118 Å². The van der Waals surface area contributed by atoms with Gasteiger partial charge in [0.25, 0.3) is 11.1 Å². The van der Waals surface area contributed by atoms with Crippen LogP contribution < -0.4 is 82.4 Å². The van der Waals surface area contributed by atoms with Crippen molar-refractivity contribution in [1.82, 2.24) is 60.3 Å². The van der Waals surface area contributed by atoms with Gasteiger partial charge in [-0.25, -0.2) is 46.4 Å². The maximum absolute atomic E-state index is 13.0. The molecule has 8 heterocycles. The molecule has 684 valence electrons. The Bertz CT molecular complexity index is 6070. The number of pyridine rings is 2. The lowest BCUT2D eigenvalue weighted by Crippen LogP contribution is -2.42. The van der Waals surface area contributed by atoms with Crippen LogP contribution in [-0.2, 0) is 110 Å². The number of alkyl carbamates (subject to hydrolysis) is 2. The number of anilines is 6. The average molecular weight is 1920 g/mol. The standard InChI is InChI=1S/2C34H45N10O15P3S/c1-41(2)21-9-7-19-14-20-8-10-22(42(3)4)16-24(20)43(23(19)15-21)13-5-6-26(45)36-11-12-37-34(48)57-29-25(17-55-60(49,50)58-61(51,52)59-62(53,54)63)56-32(28(29)46)44-18-38-27-30(44)39-33(35)40-31(27)47;1-41(2)21-9-7-19-14-20-8-10-22(42(3)4)16-24(20)43(23(19)15-21)13-5-6-26(45)36-11-12-37-34(48)57-29-28(46)25(17-55-60(49,50)58-61(51,52)59-62(53,54)63)56-32(29)44-18-38-27-30(44)39-33(35)40-31(27)47/h2*7-10,14-16,18,25,28-29,32,46H,5-6,11-13,17H2,1-4H3,(H8-,35,36,37,39,40,45,47,48,49,50,51,52,53,54,63)/t2*25-,28-,29-,32-/m11/s1. The van der Waals surface area contributed by atoms with E-state index in [1.54, 1.807) is 0 Å². The molecule has 0 radical (unpaired) electrons. The van der Waals surface area contributed by atoms with Gasteiger partial charge in [0, 0.05) is 177 Å². The van der Waals surface area contributed by atoms with Crippen LogP contribution in [0.15, 0.2) is 107 Å². The van der Waals surface area contributed by atoms with Crippen LogP contribution in [0.2, 0.25) is 0 Å². The molecular formula is C68H90N20O30P6S2. The lowest BCUT2D eigenvalue weighted by atomic mass is 10.1. The smallest absolute Gasteiger partial charge is 0.485 e. The fourth-order valence-corrected chi connectivity index (χ4v) is 20.9. The number of phosphoric ester groups is 2. The fraction of sp³-hybridized carbons (Fsp3) is 0.412. The summed E-state index contributed by atoms with van der Waals surface area (Å²) in [5.41, 5.74) is 17.2. The minimum atomic E-state index is -5.75. The molecule has 4 aromatic carbocycles. The molecule has 4 amide bonds. The molecule has 50 nitrogen and oxygen atoms in total. The average Bonchev–Trinajstić information content (AvgIpc) is 0.871. The number of nitrogen functional groups attached to an aromatic ring is 2. The van der Waals surface area contributed by atoms with Gasteiger partial charge in [0.1, 0.15) is 50.9 Å². The topological polar surface area (TPSA) is 685 Å². The number of aliphatic hydroxyl groups excluding tert-OH is 2. The van der Waals surface area contributed by atoms with Gasteiger partial charge in [-0.2, -0.15) is 27.7 Å². The van der Waals surface area contributed by atoms with E-state index in [4.69, 9.17) is 44.7 Å². The molecule has 0 saturated carbocycles. The molecule has 6 aromatic heterocycles. The van der Waals surface area contributed by atoms with E-state index in [0.29, 0.717) is 25.9 Å². The largest absolute Gasteiger partial charge is 0.779 e. The van der Waals surface area contributed by atoms with E-state index in [1.807, 2.05) is 88.1 Å². The van der Waals surface area contributed by atoms with Crippen LogP contribution in [0.3, 0.4) is 0 Å². The molecule has 0 bridgehead atoms. The van der Waals surface area contributed by atoms with Gasteiger partial charge in [-0.05, 0) is 60.7 Å². The predicted molar refractivity (Wildman–Crippen MR) is 455 cm³/mol. The third kappa shape index (κ3) is 25.2. The number of nitrogens with two attached hydrogens (primary N) is 2. The zero-order valence-electron chi connectivity index (χ0n) is 67.9. The minimum Gasteiger partial charge on any atom is -0.779 e. The monoisotopic (exact) mass is 1920 g/mol. The molecule has 0 spiro atoms. The number of ether oxygens (including phenoxy) is 4. The number of hydrogen-bond donors (Lipinski definition) is 16. The zero-order valence-corrected chi connectivity index (χ0v) is 74.9. The number of amides is 4. The Morgan fingerprint density at radius 3 is 1.21 bits per heavy atom. The van der Waals surface area contributed by atoms with E-state index in [9.17, 15) is 86.6 Å². The summed E-state index contributed by atoms with van der Waals surface area (Å²) in [4.78, 5) is 185. The third-order valence-corrected chi connectivity index (χ3v) is 27.9. The second kappa shape index (κ2) is 40.2. The van der Waals surface area contributed by atoms with Crippen molar-refractivity contribution in [2.75, 3.05) is 127 Å². The number of hydrogen-bond acceptors (Lipinski definition) is 36. The van der Waals surface area contributed by atoms with Crippen molar-refractivity contribution in [2.24, 2.45) is 0 Å². The van der Waals surface area contributed by atoms with Crippen LogP contribution in [0.4, 0.5) is 44.2 Å². The van der Waals surface area contributed by atoms with Crippen LogP contribution in [0.5, 0.6) is 0 Å². The number of carbonyl (C=O) groups is 4. The Labute approximate surface area is 723 Å². The summed E-state index contributed by atoms with van der Waals surface area (Å²) >= 11 is 7.93. The Hall–Kier alpha value is -9.30. The van der Waals surface area contributed by atoms with Gasteiger partial charge < -0.3 is 121 Å². The Morgan fingerprint density at radius 1 is 0.500 bits per heavy atom. The van der Waals surface area contributed by atoms with Crippen LogP contribution in [-0.4, -0.2) is 235 Å². The number of H-pyrrole nitrogens is 2. The molecule has 58 heteroatoms. The Kier molecular flexibility index (Phi) is 31.0. The Balaban J connectivity index is 0.000000245. The first kappa shape index (κ1) is 97.3. The quantitative estimate of drug-likeness (QED) is 0.0109. The maximum atomic E-state index is 13.0. The SMILES string of the molecule is CN(C)c1ccc2cc3ccc(N(C)C)cc3[n+](CCCC(=O)NCCNC(=O)O[C@@H]3[C@H](O)[C@@H](COP(=O)(O)OP(=O)(O)OP([O-])(O)=S)O[C@H]3n3cnc4c(=O)[nH]c(N)nc43)c2c1.CN(C)c1ccc2cc3ccc(N(C)C)cc3[n+](CCCC(=O)NCCNC(=O)O[C@H]3[C@@H](O)[C@H](n4cnc5c(=O)[nH]c(N)nc54)O[C@@H]3COP(=O)(O)OP(=O)(O)OP([O-])(O)=S)c2c1. The number of rotatable bonds is 36. The van der Waals surface area contributed by atoms with Crippen molar-refractivity contribution in [2.45, 2.75) is 87.9 Å². The summed E-state index contributed by atoms with van der Waals surface area (Å²) in [6.45, 7) is -11.7. The molecule has 126 heavy (non-hydrogen) atoms. The van der Waals surface area contributed by atoms with E-state index in [0.717, 1.165) is 88.2 Å². The first-order valence-corrected chi connectivity index (χ1v) is 48.7. The van der Waals surface area contributed by atoms with Crippen molar-refractivity contribution in [3.8, 4) is 0 Å². The molecule has 12 rings (SSSR count). The summed E-state index contributed by atoms with van der Waals surface area (Å²) in [5, 5.41) is 37.0. The van der Waals surface area contributed by atoms with Gasteiger partial charge in [-0.15, -0.1) is 0 Å². The van der Waals surface area contributed by atoms with Gasteiger partial charge in [-0.3, -0.25) is 47.3 Å². The summed E-state index contributed by atoms with van der Waals surface area (Å²) in [5.74, 6) is -1.22. The summed E-state index contributed by atoms with van der Waals surface area (Å²) in [6.07, 6.45) is -12.4. The molecule has 10 aromatic rings. The van der Waals surface area contributed by atoms with Crippen molar-refractivity contribution < 1.29 is 141 Å². The number of aromatic amines is 2. The van der Waals surface area contributed by atoms with E-state index in [1.165, 1.54) is 0 Å². The first-order valence-electron chi connectivity index (χ1n) is 37.6. The highest BCUT2D eigenvalue weighted by Gasteiger charge is 2.52. The fourth-order valence-electron chi connectivity index (χ4n) is 13.4. The summed E-state index contributed by atoms with van der Waals surface area (Å²) in [7, 11) is -6.97. The minimum absolute atomic E-state index is 0.0141. The molecular weight excluding hydrogens is 1830 g/mol. The number of benzene rings is 4. The highest BCUT2D eigenvalue weighted by atomic mass is 32.5. The van der Waals surface area contributed by atoms with E-state index >= 15 is 0 Å². The number of fused-ring (bicyclic) bond motifs is 6. The zero-order chi connectivity index (χ0) is 92.0. The molecule has 6 unspecified atom stereocenters. The predicted octanol–water partition coefficient (Wildman–Crippen LogP) is 0.410. The lowest BCUT2D eigenvalue weighted by Gasteiger charge is -2.24. The van der Waals surface area contributed by atoms with E-state index in [2.05, 4.69) is 178 Å². The number of aliphatic hydroxyl groups is 2. The summed E-state index contributed by atoms with van der Waals surface area (Å²) < 4.78 is 103. The van der Waals surface area contributed by atoms with Gasteiger partial charge in [0.2, 0.25) is 45.8 Å². The number of aryl methyl sites for hydroxylation is 2. The first-order chi connectivity index (χ1) is 59.0. The highest BCUT2D eigenvalue weighted by Crippen LogP contribution is 2.67. The van der Waals surface area contributed by atoms with Crippen LogP contribution in [0.1, 0.15) is 38.1 Å². The number of aromatic nitrogens is 10. The maximum Gasteiger partial charge on any atom is 0.485 e. The second-order valence-electron chi connectivity index (χ2n) is 29.0. The number of carbonyl (C=O) groups excluding carboxylic acids is 4. The molecule has 2 fully saturated rings. The molecule has 18 N–H and O–H groups in total. The molecule has 14 atom stereocenters. The molecule has 2 saturated heterocycles. The number of imidazole rings is 2. The Morgan fingerprint density at radius 2 is 0.841 bits per heavy atom. The number of phosphoric acid groups is 4. The van der Waals surface area contributed by atoms with Gasteiger partial charge in [0.05, 0.1) is 25.9 Å². The van der Waals surface area contributed by atoms with Crippen molar-refractivity contribution >= 4 is 193 Å². The van der Waals surface area contributed by atoms with Gasteiger partial charge >= 0.3 is 43.5 Å². The van der Waals surface area contributed by atoms with Crippen LogP contribution in [0, 0.1) is 0 Å².